The van der Waals surface area contributed by atoms with E-state index in [0.29, 0.717) is 6.04 Å². The second kappa shape index (κ2) is 5.70. The van der Waals surface area contributed by atoms with E-state index in [1.807, 2.05) is 20.8 Å². The second-order valence-corrected chi connectivity index (χ2v) is 8.20. The van der Waals surface area contributed by atoms with Crippen LogP contribution in [-0.2, 0) is 9.84 Å². The number of hydrogen-bond donors (Lipinski definition) is 1. The minimum Gasteiger partial charge on any atom is -0.314 e. The molecule has 0 heterocycles. The molecule has 1 saturated carbocycles. The first-order chi connectivity index (χ1) is 7.82. The normalized spacial score (nSPS) is 32.0. The van der Waals surface area contributed by atoms with E-state index in [2.05, 4.69) is 19.2 Å². The molecule has 17 heavy (non-hydrogen) atoms. The van der Waals surface area contributed by atoms with Crippen molar-refractivity contribution >= 4 is 9.84 Å². The van der Waals surface area contributed by atoms with Crippen LogP contribution in [-0.4, -0.2) is 31.5 Å². The summed E-state index contributed by atoms with van der Waals surface area (Å²) in [5.41, 5.74) is 0. The van der Waals surface area contributed by atoms with Crippen molar-refractivity contribution < 1.29 is 8.42 Å². The van der Waals surface area contributed by atoms with E-state index in [9.17, 15) is 8.42 Å². The summed E-state index contributed by atoms with van der Waals surface area (Å²) in [6, 6.07) is 0.374. The zero-order valence-electron chi connectivity index (χ0n) is 11.7. The maximum absolute atomic E-state index is 12.5. The van der Waals surface area contributed by atoms with E-state index in [1.54, 1.807) is 0 Å². The van der Waals surface area contributed by atoms with E-state index < -0.39 is 9.84 Å². The van der Waals surface area contributed by atoms with Gasteiger partial charge in [-0.3, -0.25) is 0 Å². The van der Waals surface area contributed by atoms with Crippen molar-refractivity contribution in [1.82, 2.24) is 5.32 Å². The first kappa shape index (κ1) is 15.0. The van der Waals surface area contributed by atoms with Crippen molar-refractivity contribution in [3.8, 4) is 0 Å². The minimum absolute atomic E-state index is 0.149. The number of rotatable bonds is 5. The lowest BCUT2D eigenvalue weighted by molar-refractivity contribution is 0.429. The van der Waals surface area contributed by atoms with E-state index in [-0.39, 0.29) is 22.3 Å². The van der Waals surface area contributed by atoms with Crippen LogP contribution in [0.4, 0.5) is 0 Å². The lowest BCUT2D eigenvalue weighted by atomic mass is 10.1. The molecule has 4 unspecified atom stereocenters. The summed E-state index contributed by atoms with van der Waals surface area (Å²) in [4.78, 5) is 0. The quantitative estimate of drug-likeness (QED) is 0.825. The smallest absolute Gasteiger partial charge is 0.156 e. The lowest BCUT2D eigenvalue weighted by Gasteiger charge is -2.26. The maximum Gasteiger partial charge on any atom is 0.156 e. The minimum atomic E-state index is -2.98. The molecule has 1 aliphatic rings. The largest absolute Gasteiger partial charge is 0.314 e. The van der Waals surface area contributed by atoms with Gasteiger partial charge in [-0.05, 0) is 38.1 Å². The first-order valence-electron chi connectivity index (χ1n) is 6.78. The molecule has 0 aliphatic heterocycles. The molecule has 1 fully saturated rings. The van der Waals surface area contributed by atoms with Gasteiger partial charge in [0, 0.05) is 6.04 Å². The highest BCUT2D eigenvalue weighted by Crippen LogP contribution is 2.34. The summed E-state index contributed by atoms with van der Waals surface area (Å²) < 4.78 is 25.0. The van der Waals surface area contributed by atoms with Crippen LogP contribution in [0.15, 0.2) is 0 Å². The molecular weight excluding hydrogens is 234 g/mol. The van der Waals surface area contributed by atoms with Gasteiger partial charge in [-0.25, -0.2) is 8.42 Å². The third kappa shape index (κ3) is 3.02. The highest BCUT2D eigenvalue weighted by Gasteiger charge is 2.43. The fraction of sp³-hybridized carbons (Fsp3) is 1.00. The van der Waals surface area contributed by atoms with E-state index in [1.165, 1.54) is 0 Å². The Morgan fingerprint density at radius 1 is 1.24 bits per heavy atom. The van der Waals surface area contributed by atoms with Crippen LogP contribution in [0.3, 0.4) is 0 Å². The predicted molar refractivity (Wildman–Crippen MR) is 72.9 cm³/mol. The molecule has 1 rings (SSSR count). The highest BCUT2D eigenvalue weighted by molar-refractivity contribution is 7.92. The molecule has 0 aromatic heterocycles. The molecule has 3 nitrogen and oxygen atoms in total. The molecule has 0 bridgehead atoms. The van der Waals surface area contributed by atoms with Crippen molar-refractivity contribution in [3.63, 3.8) is 0 Å². The molecule has 0 spiro atoms. The van der Waals surface area contributed by atoms with Crippen LogP contribution < -0.4 is 5.32 Å². The molecule has 4 atom stereocenters. The predicted octanol–water partition coefficient (Wildman–Crippen LogP) is 2.22. The van der Waals surface area contributed by atoms with Gasteiger partial charge in [0.15, 0.2) is 9.84 Å². The Morgan fingerprint density at radius 3 is 2.29 bits per heavy atom. The SMILES string of the molecule is CCNC1CCC(S(=O)(=O)C(C)C(C)C)C1C. The van der Waals surface area contributed by atoms with Gasteiger partial charge in [0.1, 0.15) is 0 Å². The Balaban J connectivity index is 2.81. The summed E-state index contributed by atoms with van der Waals surface area (Å²) in [6.45, 7) is 10.9. The Labute approximate surface area is 106 Å². The molecule has 0 amide bonds. The van der Waals surface area contributed by atoms with E-state index >= 15 is 0 Å². The van der Waals surface area contributed by atoms with Crippen molar-refractivity contribution in [2.75, 3.05) is 6.54 Å². The number of hydrogen-bond acceptors (Lipinski definition) is 3. The molecule has 0 aromatic carbocycles. The maximum atomic E-state index is 12.5. The first-order valence-corrected chi connectivity index (χ1v) is 8.39. The molecule has 0 saturated heterocycles. The highest BCUT2D eigenvalue weighted by atomic mass is 32.2. The van der Waals surface area contributed by atoms with Gasteiger partial charge >= 0.3 is 0 Å². The average molecular weight is 261 g/mol. The summed E-state index contributed by atoms with van der Waals surface area (Å²) in [5, 5.41) is 3.02. The molecular formula is C13H27NO2S. The molecule has 0 radical (unpaired) electrons. The Hall–Kier alpha value is -0.0900. The van der Waals surface area contributed by atoms with Gasteiger partial charge < -0.3 is 5.32 Å². The molecule has 1 aliphatic carbocycles. The Bertz CT molecular complexity index is 337. The van der Waals surface area contributed by atoms with Crippen molar-refractivity contribution in [1.29, 1.82) is 0 Å². The van der Waals surface area contributed by atoms with Crippen molar-refractivity contribution in [2.45, 2.75) is 64.0 Å². The summed E-state index contributed by atoms with van der Waals surface area (Å²) in [5.74, 6) is 0.437. The summed E-state index contributed by atoms with van der Waals surface area (Å²) >= 11 is 0. The fourth-order valence-corrected chi connectivity index (χ4v) is 5.36. The molecule has 102 valence electrons. The monoisotopic (exact) mass is 261 g/mol. The fourth-order valence-electron chi connectivity index (χ4n) is 2.80. The molecule has 1 N–H and O–H groups in total. The zero-order chi connectivity index (χ0) is 13.2. The Kier molecular flexibility index (Phi) is 5.02. The standard InChI is InChI=1S/C13H27NO2S/c1-6-14-12-7-8-13(10(12)4)17(15,16)11(5)9(2)3/h9-14H,6-8H2,1-5H3. The molecule has 4 heteroatoms. The van der Waals surface area contributed by atoms with Crippen LogP contribution >= 0.6 is 0 Å². The number of sulfone groups is 1. The lowest BCUT2D eigenvalue weighted by Crippen LogP contribution is -2.40. The van der Waals surface area contributed by atoms with Crippen LogP contribution in [0.2, 0.25) is 0 Å². The summed E-state index contributed by atoms with van der Waals surface area (Å²) in [6.07, 6.45) is 1.81. The van der Waals surface area contributed by atoms with E-state index in [4.69, 9.17) is 0 Å². The van der Waals surface area contributed by atoms with Gasteiger partial charge in [0.2, 0.25) is 0 Å². The van der Waals surface area contributed by atoms with Gasteiger partial charge in [-0.1, -0.05) is 27.7 Å². The topological polar surface area (TPSA) is 46.2 Å². The summed E-state index contributed by atoms with van der Waals surface area (Å²) in [7, 11) is -2.98. The third-order valence-corrected chi connectivity index (χ3v) is 7.42. The van der Waals surface area contributed by atoms with Gasteiger partial charge in [-0.15, -0.1) is 0 Å². The van der Waals surface area contributed by atoms with Crippen LogP contribution in [0.25, 0.3) is 0 Å². The zero-order valence-corrected chi connectivity index (χ0v) is 12.5. The van der Waals surface area contributed by atoms with Crippen molar-refractivity contribution in [3.05, 3.63) is 0 Å². The van der Waals surface area contributed by atoms with Gasteiger partial charge in [0.25, 0.3) is 0 Å². The van der Waals surface area contributed by atoms with Crippen LogP contribution in [0.1, 0.15) is 47.5 Å². The van der Waals surface area contributed by atoms with Gasteiger partial charge in [-0.2, -0.15) is 0 Å². The Morgan fingerprint density at radius 2 is 1.82 bits per heavy atom. The van der Waals surface area contributed by atoms with Crippen molar-refractivity contribution in [2.24, 2.45) is 11.8 Å². The molecule has 0 aromatic rings. The van der Waals surface area contributed by atoms with Gasteiger partial charge in [0.05, 0.1) is 10.5 Å². The third-order valence-electron chi connectivity index (χ3n) is 4.33. The van der Waals surface area contributed by atoms with Crippen LogP contribution in [0.5, 0.6) is 0 Å². The number of nitrogens with one attached hydrogen (secondary N) is 1. The van der Waals surface area contributed by atoms with Crippen LogP contribution in [0, 0.1) is 11.8 Å². The second-order valence-electron chi connectivity index (χ2n) is 5.68. The van der Waals surface area contributed by atoms with E-state index in [0.717, 1.165) is 19.4 Å². The average Bonchev–Trinajstić information content (AvgIpc) is 2.60.